The van der Waals surface area contributed by atoms with Gasteiger partial charge in [-0.3, -0.25) is 4.90 Å². The van der Waals surface area contributed by atoms with Crippen molar-refractivity contribution in [3.63, 3.8) is 0 Å². The van der Waals surface area contributed by atoms with E-state index in [0.29, 0.717) is 24.2 Å². The van der Waals surface area contributed by atoms with Gasteiger partial charge in [-0.25, -0.2) is 8.42 Å². The molecule has 0 saturated carbocycles. The van der Waals surface area contributed by atoms with Crippen molar-refractivity contribution in [1.29, 1.82) is 0 Å². The second kappa shape index (κ2) is 7.02. The third kappa shape index (κ3) is 5.02. The maximum atomic E-state index is 11.5. The number of ether oxygens (including phenoxy) is 1. The van der Waals surface area contributed by atoms with Crippen molar-refractivity contribution >= 4 is 9.84 Å². The van der Waals surface area contributed by atoms with E-state index >= 15 is 0 Å². The summed E-state index contributed by atoms with van der Waals surface area (Å²) in [4.78, 5) is 2.27. The van der Waals surface area contributed by atoms with E-state index in [2.05, 4.69) is 10.2 Å². The summed E-state index contributed by atoms with van der Waals surface area (Å²) in [6.45, 7) is 6.54. The van der Waals surface area contributed by atoms with Gasteiger partial charge in [-0.1, -0.05) is 0 Å². The number of hydrogen-bond donors (Lipinski definition) is 1. The fraction of sp³-hybridized carbons (Fsp3) is 1.00. The minimum absolute atomic E-state index is 0.151. The molecule has 2 saturated heterocycles. The van der Waals surface area contributed by atoms with Crippen LogP contribution in [0.2, 0.25) is 0 Å². The predicted molar refractivity (Wildman–Crippen MR) is 76.1 cm³/mol. The third-order valence-electron chi connectivity index (χ3n) is 4.04. The molecule has 19 heavy (non-hydrogen) atoms. The van der Waals surface area contributed by atoms with Gasteiger partial charge in [0.1, 0.15) is 0 Å². The number of nitrogens with one attached hydrogen (secondary N) is 1. The smallest absolute Gasteiger partial charge is 0.153 e. The van der Waals surface area contributed by atoms with Crippen molar-refractivity contribution in [2.75, 3.05) is 44.3 Å². The van der Waals surface area contributed by atoms with Crippen LogP contribution in [0.4, 0.5) is 0 Å². The predicted octanol–water partition coefficient (Wildman–Crippen LogP) is 0.264. The molecule has 1 atom stereocenters. The van der Waals surface area contributed by atoms with Crippen molar-refractivity contribution < 1.29 is 13.2 Å². The Kier molecular flexibility index (Phi) is 5.62. The average Bonchev–Trinajstić information content (AvgIpc) is 2.37. The minimum atomic E-state index is -2.79. The average molecular weight is 290 g/mol. The molecule has 5 nitrogen and oxygen atoms in total. The van der Waals surface area contributed by atoms with E-state index in [4.69, 9.17) is 4.74 Å². The van der Waals surface area contributed by atoms with Gasteiger partial charge in [-0.05, 0) is 39.3 Å². The van der Waals surface area contributed by atoms with Gasteiger partial charge in [0.05, 0.1) is 17.6 Å². The molecule has 2 heterocycles. The molecule has 1 N–H and O–H groups in total. The van der Waals surface area contributed by atoms with Crippen molar-refractivity contribution in [2.24, 2.45) is 0 Å². The Morgan fingerprint density at radius 2 is 2.05 bits per heavy atom. The number of rotatable bonds is 5. The molecule has 0 aromatic rings. The molecule has 1 unspecified atom stereocenters. The zero-order valence-corrected chi connectivity index (χ0v) is 12.6. The lowest BCUT2D eigenvalue weighted by Gasteiger charge is -2.33. The summed E-state index contributed by atoms with van der Waals surface area (Å²) in [5.41, 5.74) is 0. The molecular weight excluding hydrogens is 264 g/mol. The maximum Gasteiger partial charge on any atom is 0.153 e. The Labute approximate surface area is 116 Å². The van der Waals surface area contributed by atoms with Crippen LogP contribution in [-0.4, -0.2) is 69.8 Å². The molecule has 0 aromatic carbocycles. The van der Waals surface area contributed by atoms with E-state index in [0.717, 1.165) is 45.5 Å². The van der Waals surface area contributed by atoms with E-state index in [1.54, 1.807) is 0 Å². The van der Waals surface area contributed by atoms with Crippen LogP contribution in [0.15, 0.2) is 0 Å². The van der Waals surface area contributed by atoms with Crippen LogP contribution < -0.4 is 5.32 Å². The number of hydrogen-bond acceptors (Lipinski definition) is 5. The molecule has 2 rings (SSSR count). The van der Waals surface area contributed by atoms with Crippen molar-refractivity contribution in [1.82, 2.24) is 10.2 Å². The molecule has 0 bridgehead atoms. The molecule has 0 aliphatic carbocycles. The molecule has 0 amide bonds. The fourth-order valence-corrected chi connectivity index (χ4v) is 4.47. The Morgan fingerprint density at radius 3 is 2.74 bits per heavy atom. The largest absolute Gasteiger partial charge is 0.378 e. The van der Waals surface area contributed by atoms with Gasteiger partial charge in [0.25, 0.3) is 0 Å². The first kappa shape index (κ1) is 15.2. The lowest BCUT2D eigenvalue weighted by molar-refractivity contribution is 0.0267. The molecule has 2 aliphatic heterocycles. The standard InChI is InChI=1S/C13H26N2O3S/c1-12-11-19(16,17)10-8-15(12)7-2-9-18-13-3-5-14-6-4-13/h12-14H,2-11H2,1H3. The monoisotopic (exact) mass is 290 g/mol. The van der Waals surface area contributed by atoms with E-state index in [1.807, 2.05) is 6.92 Å². The zero-order valence-electron chi connectivity index (χ0n) is 11.8. The van der Waals surface area contributed by atoms with Gasteiger partial charge in [-0.15, -0.1) is 0 Å². The van der Waals surface area contributed by atoms with Crippen LogP contribution in [-0.2, 0) is 14.6 Å². The first-order chi connectivity index (χ1) is 9.07. The molecule has 112 valence electrons. The number of nitrogens with zero attached hydrogens (tertiary/aromatic N) is 1. The Morgan fingerprint density at radius 1 is 1.32 bits per heavy atom. The SMILES string of the molecule is CC1CS(=O)(=O)CCN1CCCOC1CCNCC1. The molecular formula is C13H26N2O3S. The van der Waals surface area contributed by atoms with Crippen molar-refractivity contribution in [3.8, 4) is 0 Å². The summed E-state index contributed by atoms with van der Waals surface area (Å²) >= 11 is 0. The van der Waals surface area contributed by atoms with Gasteiger partial charge in [-0.2, -0.15) is 0 Å². The highest BCUT2D eigenvalue weighted by molar-refractivity contribution is 7.91. The van der Waals surface area contributed by atoms with Gasteiger partial charge in [0.15, 0.2) is 9.84 Å². The van der Waals surface area contributed by atoms with Crippen LogP contribution in [0.25, 0.3) is 0 Å². The van der Waals surface area contributed by atoms with Crippen LogP contribution >= 0.6 is 0 Å². The van der Waals surface area contributed by atoms with E-state index in [-0.39, 0.29) is 6.04 Å². The lowest BCUT2D eigenvalue weighted by Crippen LogP contribution is -2.47. The second-order valence-electron chi connectivity index (χ2n) is 5.67. The van der Waals surface area contributed by atoms with Crippen LogP contribution in [0.3, 0.4) is 0 Å². The van der Waals surface area contributed by atoms with E-state index in [1.165, 1.54) is 0 Å². The highest BCUT2D eigenvalue weighted by Crippen LogP contribution is 2.12. The molecule has 2 aliphatic rings. The highest BCUT2D eigenvalue weighted by atomic mass is 32.2. The van der Waals surface area contributed by atoms with E-state index in [9.17, 15) is 8.42 Å². The van der Waals surface area contributed by atoms with E-state index < -0.39 is 9.84 Å². The van der Waals surface area contributed by atoms with Gasteiger partial charge in [0, 0.05) is 25.7 Å². The Hall–Kier alpha value is -0.170. The van der Waals surface area contributed by atoms with Crippen LogP contribution in [0.5, 0.6) is 0 Å². The lowest BCUT2D eigenvalue weighted by atomic mass is 10.1. The van der Waals surface area contributed by atoms with Gasteiger partial charge >= 0.3 is 0 Å². The number of piperidine rings is 1. The molecule has 0 aromatic heterocycles. The molecule has 6 heteroatoms. The zero-order chi connectivity index (χ0) is 13.7. The Bertz CT molecular complexity index is 366. The van der Waals surface area contributed by atoms with Crippen LogP contribution in [0, 0.1) is 0 Å². The maximum absolute atomic E-state index is 11.5. The summed E-state index contributed by atoms with van der Waals surface area (Å²) < 4.78 is 28.8. The van der Waals surface area contributed by atoms with Gasteiger partial charge < -0.3 is 10.1 Å². The molecule has 2 fully saturated rings. The third-order valence-corrected chi connectivity index (χ3v) is 5.83. The summed E-state index contributed by atoms with van der Waals surface area (Å²) in [6.07, 6.45) is 3.63. The molecule has 0 spiro atoms. The topological polar surface area (TPSA) is 58.6 Å². The quantitative estimate of drug-likeness (QED) is 0.736. The summed E-state index contributed by atoms with van der Waals surface area (Å²) in [5.74, 6) is 0.620. The van der Waals surface area contributed by atoms with Crippen molar-refractivity contribution in [2.45, 2.75) is 38.3 Å². The van der Waals surface area contributed by atoms with Crippen molar-refractivity contribution in [3.05, 3.63) is 0 Å². The van der Waals surface area contributed by atoms with Gasteiger partial charge in [0.2, 0.25) is 0 Å². The summed E-state index contributed by atoms with van der Waals surface area (Å²) in [5, 5.41) is 3.33. The summed E-state index contributed by atoms with van der Waals surface area (Å²) in [6, 6.07) is 0.151. The minimum Gasteiger partial charge on any atom is -0.378 e. The second-order valence-corrected chi connectivity index (χ2v) is 7.90. The number of sulfone groups is 1. The highest BCUT2D eigenvalue weighted by Gasteiger charge is 2.27. The fourth-order valence-electron chi connectivity index (χ4n) is 2.84. The Balaban J connectivity index is 1.60. The normalized spacial score (nSPS) is 29.4. The molecule has 0 radical (unpaired) electrons. The first-order valence-corrected chi connectivity index (χ1v) is 9.16. The van der Waals surface area contributed by atoms with Crippen LogP contribution in [0.1, 0.15) is 26.2 Å². The summed E-state index contributed by atoms with van der Waals surface area (Å²) in [7, 11) is -2.79. The first-order valence-electron chi connectivity index (χ1n) is 7.33.